The number of piperazine rings is 1. The smallest absolute Gasteiger partial charge is 0.383 e. The molecule has 2 aromatic carbocycles. The molecule has 60 heavy (non-hydrogen) atoms. The number of alkyl halides is 3. The Hall–Kier alpha value is -5.13. The van der Waals surface area contributed by atoms with Crippen molar-refractivity contribution < 1.29 is 32.2 Å². The number of rotatable bonds is 16. The van der Waals surface area contributed by atoms with Gasteiger partial charge >= 0.3 is 12.2 Å². The second-order valence-corrected chi connectivity index (χ2v) is 15.6. The van der Waals surface area contributed by atoms with E-state index in [9.17, 15) is 22.8 Å². The molecule has 3 amide bonds. The number of ether oxygens (including phenoxy) is 2. The molecule has 0 bridgehead atoms. The number of halogens is 3. The van der Waals surface area contributed by atoms with Gasteiger partial charge in [0.1, 0.15) is 18.0 Å². The van der Waals surface area contributed by atoms with Crippen LogP contribution in [0.15, 0.2) is 79.0 Å². The molecule has 320 valence electrons. The molecule has 0 spiro atoms. The second-order valence-electron chi connectivity index (χ2n) is 15.6. The number of nitrogens with zero attached hydrogens (tertiary/aromatic N) is 6. The average molecular weight is 830 g/mol. The number of hydrogen-bond acceptors (Lipinski definition) is 10. The lowest BCUT2D eigenvalue weighted by molar-refractivity contribution is -0.137. The van der Waals surface area contributed by atoms with Crippen molar-refractivity contribution in [1.82, 2.24) is 35.3 Å². The van der Waals surface area contributed by atoms with Crippen molar-refractivity contribution in [2.45, 2.75) is 50.9 Å². The van der Waals surface area contributed by atoms with Crippen molar-refractivity contribution in [3.8, 4) is 11.3 Å². The van der Waals surface area contributed by atoms with Crippen LogP contribution in [0.5, 0.6) is 0 Å². The molecule has 16 heteroatoms. The van der Waals surface area contributed by atoms with Crippen molar-refractivity contribution >= 4 is 23.3 Å². The number of anilines is 2. The van der Waals surface area contributed by atoms with Crippen LogP contribution >= 0.6 is 0 Å². The highest BCUT2D eigenvalue weighted by Gasteiger charge is 2.40. The highest BCUT2D eigenvalue weighted by molar-refractivity contribution is 6.05. The van der Waals surface area contributed by atoms with E-state index in [1.165, 1.54) is 12.5 Å². The molecule has 3 aliphatic rings. The Morgan fingerprint density at radius 3 is 2.53 bits per heavy atom. The van der Waals surface area contributed by atoms with E-state index < -0.39 is 11.7 Å². The van der Waals surface area contributed by atoms with E-state index in [1.807, 2.05) is 48.3 Å². The van der Waals surface area contributed by atoms with Gasteiger partial charge in [0.05, 0.1) is 29.2 Å². The number of likely N-dealkylation sites (N-methyl/N-ethyl adjacent to an activating group) is 1. The first-order valence-corrected chi connectivity index (χ1v) is 20.6. The summed E-state index contributed by atoms with van der Waals surface area (Å²) in [5, 5.41) is 9.21. The fourth-order valence-electron chi connectivity index (χ4n) is 7.66. The van der Waals surface area contributed by atoms with Crippen LogP contribution in [-0.2, 0) is 28.7 Å². The normalized spacial score (nSPS) is 18.4. The topological polar surface area (TPSA) is 131 Å². The summed E-state index contributed by atoms with van der Waals surface area (Å²) in [6, 6.07) is 20.5. The molecule has 5 heterocycles. The van der Waals surface area contributed by atoms with Crippen LogP contribution in [0.25, 0.3) is 11.3 Å². The van der Waals surface area contributed by atoms with Gasteiger partial charge in [-0.25, -0.2) is 9.78 Å². The van der Waals surface area contributed by atoms with Gasteiger partial charge < -0.3 is 29.9 Å². The molecule has 2 atom stereocenters. The quantitative estimate of drug-likeness (QED) is 0.0914. The maximum Gasteiger partial charge on any atom is 0.416 e. The largest absolute Gasteiger partial charge is 0.416 e. The molecule has 13 nitrogen and oxygen atoms in total. The molecule has 3 fully saturated rings. The average Bonchev–Trinajstić information content (AvgIpc) is 4.05. The summed E-state index contributed by atoms with van der Waals surface area (Å²) >= 11 is 0. The van der Waals surface area contributed by atoms with Gasteiger partial charge in [-0.2, -0.15) is 13.2 Å². The van der Waals surface area contributed by atoms with Gasteiger partial charge in [0.2, 0.25) is 0 Å². The summed E-state index contributed by atoms with van der Waals surface area (Å²) in [6.07, 6.45) is 0.0479. The molecular formula is C44H54F3N9O4. The van der Waals surface area contributed by atoms with Crippen LogP contribution in [-0.4, -0.2) is 123 Å². The number of pyridine rings is 2. The molecule has 3 aliphatic heterocycles. The van der Waals surface area contributed by atoms with Crippen LogP contribution in [0, 0.1) is 0 Å². The molecular weight excluding hydrogens is 776 g/mol. The molecule has 4 aromatic rings. The Kier molecular flexibility index (Phi) is 14.3. The Morgan fingerprint density at radius 1 is 0.950 bits per heavy atom. The summed E-state index contributed by atoms with van der Waals surface area (Å²) in [5.74, 6) is -0.337. The number of epoxide rings is 1. The van der Waals surface area contributed by atoms with Gasteiger partial charge in [0.25, 0.3) is 5.91 Å². The van der Waals surface area contributed by atoms with E-state index in [2.05, 4.69) is 36.7 Å². The first kappa shape index (κ1) is 43.0. The minimum absolute atomic E-state index is 0.0554. The third kappa shape index (κ3) is 11.6. The number of carbonyl (C=O) groups is 2. The Balaban J connectivity index is 0.980. The van der Waals surface area contributed by atoms with E-state index in [0.717, 1.165) is 86.8 Å². The predicted octanol–water partition coefficient (Wildman–Crippen LogP) is 6.00. The zero-order valence-electron chi connectivity index (χ0n) is 34.2. The van der Waals surface area contributed by atoms with E-state index in [0.29, 0.717) is 55.4 Å². The van der Waals surface area contributed by atoms with Crippen molar-refractivity contribution in [3.63, 3.8) is 0 Å². The van der Waals surface area contributed by atoms with Crippen molar-refractivity contribution in [2.24, 2.45) is 0 Å². The van der Waals surface area contributed by atoms with Crippen molar-refractivity contribution in [3.05, 3.63) is 107 Å². The zero-order valence-corrected chi connectivity index (χ0v) is 34.2. The molecule has 3 saturated heterocycles. The third-order valence-electron chi connectivity index (χ3n) is 11.1. The maximum absolute atomic E-state index is 13.8. The number of urea groups is 1. The Labute approximate surface area is 349 Å². The molecule has 2 unspecified atom stereocenters. The van der Waals surface area contributed by atoms with E-state index in [-0.39, 0.29) is 30.8 Å². The molecule has 0 aliphatic carbocycles. The molecule has 2 aromatic heterocycles. The van der Waals surface area contributed by atoms with Gasteiger partial charge in [0, 0.05) is 96.5 Å². The van der Waals surface area contributed by atoms with E-state index in [4.69, 9.17) is 19.4 Å². The zero-order chi connectivity index (χ0) is 42.1. The van der Waals surface area contributed by atoms with E-state index in [1.54, 1.807) is 25.4 Å². The predicted molar refractivity (Wildman–Crippen MR) is 223 cm³/mol. The minimum atomic E-state index is -4.41. The fraction of sp³-hybridized carbons (Fsp3) is 0.455. The van der Waals surface area contributed by atoms with Gasteiger partial charge in [-0.15, -0.1) is 0 Å². The first-order chi connectivity index (χ1) is 29.0. The third-order valence-corrected chi connectivity index (χ3v) is 11.1. The number of carbonyl (C=O) groups excluding carboxylic acids is 2. The van der Waals surface area contributed by atoms with Crippen LogP contribution < -0.4 is 20.9 Å². The summed E-state index contributed by atoms with van der Waals surface area (Å²) < 4.78 is 50.7. The highest BCUT2D eigenvalue weighted by atomic mass is 19.4. The maximum atomic E-state index is 13.8. The number of hydrogen-bond donors (Lipinski definition) is 3. The lowest BCUT2D eigenvalue weighted by atomic mass is 10.0. The lowest BCUT2D eigenvalue weighted by Crippen LogP contribution is -2.53. The lowest BCUT2D eigenvalue weighted by Gasteiger charge is -2.35. The molecule has 0 radical (unpaired) electrons. The summed E-state index contributed by atoms with van der Waals surface area (Å²) in [5.41, 5.74) is 4.83. The Morgan fingerprint density at radius 2 is 1.75 bits per heavy atom. The highest BCUT2D eigenvalue weighted by Crippen LogP contribution is 2.40. The minimum Gasteiger partial charge on any atom is -0.383 e. The molecule has 7 rings (SSSR count). The standard InChI is InChI=1S/C44H54F3N9O4/c1-53(19-20-54-21-23-56(24-22-54)43(58)49-16-25-59-2)30-34-10-7-11-38(51-34)41(57)52-37-13-12-35(55-17-4-3-5-18-55)28-36(37)39-27-32(14-15-48-39)40-42(60-40)50-29-31-8-6-9-33(26-31)44(45,46)47/h6-15,26-28,40,42,50H,3-5,16-25,29-30H2,1-2H3,(H,49,58)(H,52,57). The Bertz CT molecular complexity index is 2070. The van der Waals surface area contributed by atoms with Crippen LogP contribution in [0.3, 0.4) is 0 Å². The van der Waals surface area contributed by atoms with Crippen molar-refractivity contribution in [1.29, 1.82) is 0 Å². The second kappa shape index (κ2) is 20.0. The van der Waals surface area contributed by atoms with Crippen molar-refractivity contribution in [2.75, 3.05) is 89.9 Å². The first-order valence-electron chi connectivity index (χ1n) is 20.6. The van der Waals surface area contributed by atoms with Gasteiger partial charge in [-0.1, -0.05) is 24.3 Å². The number of nitrogens with one attached hydrogen (secondary N) is 3. The molecule has 0 saturated carbocycles. The number of methoxy groups -OCH3 is 1. The van der Waals surface area contributed by atoms with Crippen LogP contribution in [0.2, 0.25) is 0 Å². The van der Waals surface area contributed by atoms with Gasteiger partial charge in [-0.05, 0) is 86.0 Å². The van der Waals surface area contributed by atoms with Gasteiger partial charge in [-0.3, -0.25) is 24.9 Å². The number of benzene rings is 2. The van der Waals surface area contributed by atoms with E-state index >= 15 is 0 Å². The monoisotopic (exact) mass is 829 g/mol. The fourth-order valence-corrected chi connectivity index (χ4v) is 7.66. The molecule has 3 N–H and O–H groups in total. The summed E-state index contributed by atoms with van der Waals surface area (Å²) in [6.45, 7) is 8.27. The number of aromatic nitrogens is 2. The van der Waals surface area contributed by atoms with Crippen LogP contribution in [0.1, 0.15) is 58.2 Å². The summed E-state index contributed by atoms with van der Waals surface area (Å²) in [4.78, 5) is 44.4. The number of piperidine rings is 1. The SMILES string of the molecule is COCCNC(=O)N1CCN(CCN(C)Cc2cccc(C(=O)Nc3ccc(N4CCCCC4)cc3-c3cc(C4OC4NCc4cccc(C(F)(F)F)c4)ccn3)n2)CC1. The van der Waals surface area contributed by atoms with Gasteiger partial charge in [0.15, 0.2) is 0 Å². The summed E-state index contributed by atoms with van der Waals surface area (Å²) in [7, 11) is 3.65. The number of amides is 3. The van der Waals surface area contributed by atoms with Crippen LogP contribution in [0.4, 0.5) is 29.3 Å².